The molecule has 144 valence electrons. The number of rotatable bonds is 10. The zero-order valence-electron chi connectivity index (χ0n) is 15.8. The Morgan fingerprint density at radius 2 is 1.44 bits per heavy atom. The topological polar surface area (TPSA) is 74.8 Å². The van der Waals surface area contributed by atoms with Crippen LogP contribution in [-0.4, -0.2) is 65.0 Å². The molecule has 0 radical (unpaired) electrons. The summed E-state index contributed by atoms with van der Waals surface area (Å²) in [4.78, 5) is 1.86. The van der Waals surface area contributed by atoms with E-state index in [0.717, 1.165) is 19.3 Å². The maximum Gasteiger partial charge on any atom is 0.244 e. The van der Waals surface area contributed by atoms with Crippen molar-refractivity contribution in [1.82, 2.24) is 9.21 Å². The summed E-state index contributed by atoms with van der Waals surface area (Å²) >= 11 is 0. The Kier molecular flexibility index (Phi) is 8.05. The summed E-state index contributed by atoms with van der Waals surface area (Å²) in [5.74, 6) is 0.136. The van der Waals surface area contributed by atoms with Gasteiger partial charge in [-0.25, -0.2) is 16.8 Å². The SMILES string of the molecule is CCN(CC)CCN(CC(C)C)S(=O)(=O)c1ccccc1S(C)(=O)=O. The van der Waals surface area contributed by atoms with Crippen LogP contribution in [0.1, 0.15) is 27.7 Å². The first-order chi connectivity index (χ1) is 11.5. The first kappa shape index (κ1) is 22.1. The lowest BCUT2D eigenvalue weighted by atomic mass is 10.2. The van der Waals surface area contributed by atoms with Crippen LogP contribution >= 0.6 is 0 Å². The highest BCUT2D eigenvalue weighted by Crippen LogP contribution is 2.24. The molecule has 1 aromatic carbocycles. The van der Waals surface area contributed by atoms with Crippen molar-refractivity contribution in [3.05, 3.63) is 24.3 Å². The van der Waals surface area contributed by atoms with Crippen LogP contribution in [0, 0.1) is 5.92 Å². The van der Waals surface area contributed by atoms with Crippen LogP contribution in [-0.2, 0) is 19.9 Å². The maximum absolute atomic E-state index is 13.2. The second-order valence-corrected chi connectivity index (χ2v) is 10.4. The standard InChI is InChI=1S/C17H30N2O4S2/c1-6-18(7-2)12-13-19(14-15(3)4)25(22,23)17-11-9-8-10-16(17)24(5,20)21/h8-11,15H,6-7,12-14H2,1-5H3. The molecule has 0 aromatic heterocycles. The number of benzene rings is 1. The monoisotopic (exact) mass is 390 g/mol. The average Bonchev–Trinajstić information content (AvgIpc) is 2.53. The molecule has 0 amide bonds. The van der Waals surface area contributed by atoms with E-state index in [-0.39, 0.29) is 15.7 Å². The zero-order chi connectivity index (χ0) is 19.3. The summed E-state index contributed by atoms with van der Waals surface area (Å²) in [6, 6.07) is 5.81. The summed E-state index contributed by atoms with van der Waals surface area (Å²) in [5, 5.41) is 0. The van der Waals surface area contributed by atoms with Crippen molar-refractivity contribution in [1.29, 1.82) is 0 Å². The molecule has 8 heteroatoms. The molecule has 0 aliphatic rings. The number of sulfone groups is 1. The predicted octanol–water partition coefficient (Wildman–Crippen LogP) is 2.08. The van der Waals surface area contributed by atoms with Gasteiger partial charge < -0.3 is 4.90 Å². The molecule has 0 aliphatic carbocycles. The van der Waals surface area contributed by atoms with Gasteiger partial charge in [-0.1, -0.05) is 39.8 Å². The summed E-state index contributed by atoms with van der Waals surface area (Å²) in [7, 11) is -7.53. The molecule has 0 bridgehead atoms. The van der Waals surface area contributed by atoms with Crippen LogP contribution in [0.25, 0.3) is 0 Å². The number of hydrogen-bond acceptors (Lipinski definition) is 5. The van der Waals surface area contributed by atoms with Crippen LogP contribution in [0.2, 0.25) is 0 Å². The van der Waals surface area contributed by atoms with Gasteiger partial charge in [0.25, 0.3) is 0 Å². The van der Waals surface area contributed by atoms with Gasteiger partial charge in [0.2, 0.25) is 10.0 Å². The van der Waals surface area contributed by atoms with Gasteiger partial charge in [0.15, 0.2) is 9.84 Å². The molecule has 0 saturated heterocycles. The number of nitrogens with zero attached hydrogens (tertiary/aromatic N) is 2. The lowest BCUT2D eigenvalue weighted by Crippen LogP contribution is -2.40. The van der Waals surface area contributed by atoms with Crippen molar-refractivity contribution in [3.63, 3.8) is 0 Å². The Hall–Kier alpha value is -0.960. The van der Waals surface area contributed by atoms with Crippen molar-refractivity contribution in [2.24, 2.45) is 5.92 Å². The highest BCUT2D eigenvalue weighted by atomic mass is 32.2. The van der Waals surface area contributed by atoms with Gasteiger partial charge in [-0.15, -0.1) is 0 Å². The van der Waals surface area contributed by atoms with Gasteiger partial charge in [0, 0.05) is 25.9 Å². The Morgan fingerprint density at radius 1 is 0.920 bits per heavy atom. The van der Waals surface area contributed by atoms with E-state index in [0.29, 0.717) is 19.6 Å². The van der Waals surface area contributed by atoms with Crippen molar-refractivity contribution in [3.8, 4) is 0 Å². The molecular weight excluding hydrogens is 360 g/mol. The third-order valence-electron chi connectivity index (χ3n) is 4.00. The molecule has 0 fully saturated rings. The second kappa shape index (κ2) is 9.12. The molecule has 0 spiro atoms. The molecular formula is C17H30N2O4S2. The van der Waals surface area contributed by atoms with Crippen molar-refractivity contribution in [2.75, 3.05) is 39.0 Å². The minimum absolute atomic E-state index is 0.136. The van der Waals surface area contributed by atoms with Crippen molar-refractivity contribution >= 4 is 19.9 Å². The first-order valence-corrected chi connectivity index (χ1v) is 11.9. The van der Waals surface area contributed by atoms with E-state index in [1.807, 2.05) is 27.7 Å². The van der Waals surface area contributed by atoms with Crippen LogP contribution in [0.5, 0.6) is 0 Å². The van der Waals surface area contributed by atoms with E-state index in [1.54, 1.807) is 6.07 Å². The van der Waals surface area contributed by atoms with Crippen LogP contribution in [0.3, 0.4) is 0 Å². The molecule has 0 N–H and O–H groups in total. The van der Waals surface area contributed by atoms with Crippen molar-refractivity contribution < 1.29 is 16.8 Å². The third kappa shape index (κ3) is 6.06. The van der Waals surface area contributed by atoms with Crippen LogP contribution in [0.15, 0.2) is 34.1 Å². The lowest BCUT2D eigenvalue weighted by Gasteiger charge is -2.27. The predicted molar refractivity (Wildman–Crippen MR) is 101 cm³/mol. The van der Waals surface area contributed by atoms with E-state index in [1.165, 1.54) is 22.5 Å². The summed E-state index contributed by atoms with van der Waals surface area (Å²) in [6.45, 7) is 10.9. The molecule has 0 aliphatic heterocycles. The molecule has 6 nitrogen and oxygen atoms in total. The lowest BCUT2D eigenvalue weighted by molar-refractivity contribution is 0.262. The largest absolute Gasteiger partial charge is 0.303 e. The normalized spacial score (nSPS) is 13.1. The van der Waals surface area contributed by atoms with E-state index >= 15 is 0 Å². The summed E-state index contributed by atoms with van der Waals surface area (Å²) in [6.07, 6.45) is 1.03. The number of hydrogen-bond donors (Lipinski definition) is 0. The van der Waals surface area contributed by atoms with Gasteiger partial charge in [-0.3, -0.25) is 0 Å². The molecule has 25 heavy (non-hydrogen) atoms. The van der Waals surface area contributed by atoms with Gasteiger partial charge in [0.05, 0.1) is 4.90 Å². The fourth-order valence-electron chi connectivity index (χ4n) is 2.62. The highest BCUT2D eigenvalue weighted by Gasteiger charge is 2.30. The molecule has 1 aromatic rings. The van der Waals surface area contributed by atoms with Gasteiger partial charge in [-0.05, 0) is 31.1 Å². The van der Waals surface area contributed by atoms with Crippen LogP contribution in [0.4, 0.5) is 0 Å². The van der Waals surface area contributed by atoms with E-state index in [2.05, 4.69) is 4.90 Å². The molecule has 0 heterocycles. The Labute approximate surface area is 152 Å². The Bertz CT molecular complexity index is 755. The summed E-state index contributed by atoms with van der Waals surface area (Å²) in [5.41, 5.74) is 0. The van der Waals surface area contributed by atoms with Gasteiger partial charge in [-0.2, -0.15) is 4.31 Å². The van der Waals surface area contributed by atoms with Crippen molar-refractivity contribution in [2.45, 2.75) is 37.5 Å². The fourth-order valence-corrected chi connectivity index (χ4v) is 5.82. The minimum atomic E-state index is -3.89. The zero-order valence-corrected chi connectivity index (χ0v) is 17.4. The third-order valence-corrected chi connectivity index (χ3v) is 7.20. The molecule has 0 atom stereocenters. The number of likely N-dealkylation sites (N-methyl/N-ethyl adjacent to an activating group) is 1. The number of sulfonamides is 1. The molecule has 0 unspecified atom stereocenters. The van der Waals surface area contributed by atoms with E-state index in [4.69, 9.17) is 0 Å². The smallest absolute Gasteiger partial charge is 0.244 e. The molecule has 0 saturated carbocycles. The molecule has 1 rings (SSSR count). The highest BCUT2D eigenvalue weighted by molar-refractivity contribution is 7.93. The second-order valence-electron chi connectivity index (χ2n) is 6.50. The average molecular weight is 391 g/mol. The quantitative estimate of drug-likeness (QED) is 0.611. The fraction of sp³-hybridized carbons (Fsp3) is 0.647. The van der Waals surface area contributed by atoms with E-state index < -0.39 is 19.9 Å². The first-order valence-electron chi connectivity index (χ1n) is 8.55. The van der Waals surface area contributed by atoms with Gasteiger partial charge in [0.1, 0.15) is 4.90 Å². The summed E-state index contributed by atoms with van der Waals surface area (Å²) < 4.78 is 51.8. The maximum atomic E-state index is 13.2. The van der Waals surface area contributed by atoms with Gasteiger partial charge >= 0.3 is 0 Å². The minimum Gasteiger partial charge on any atom is -0.303 e. The van der Waals surface area contributed by atoms with E-state index in [9.17, 15) is 16.8 Å². The Morgan fingerprint density at radius 3 is 1.88 bits per heavy atom. The Balaban J connectivity index is 3.29. The van der Waals surface area contributed by atoms with Crippen LogP contribution < -0.4 is 0 Å².